The molecule has 0 N–H and O–H groups in total. The van der Waals surface area contributed by atoms with Crippen molar-refractivity contribution in [3.8, 4) is 0 Å². The Bertz CT molecular complexity index is 176. The second kappa shape index (κ2) is 3.55. The van der Waals surface area contributed by atoms with Crippen LogP contribution in [-0.2, 0) is 4.79 Å². The summed E-state index contributed by atoms with van der Waals surface area (Å²) in [4.78, 5) is 10.4. The molecule has 0 amide bonds. The van der Waals surface area contributed by atoms with Crippen molar-refractivity contribution in [2.24, 2.45) is 5.92 Å². The number of Topliss-reactive ketones (excluding diaryl/α,β-unsaturated/α-hetero) is 1. The van der Waals surface area contributed by atoms with Crippen LogP contribution in [0.15, 0.2) is 0 Å². The van der Waals surface area contributed by atoms with Gasteiger partial charge in [-0.15, -0.1) is 0 Å². The Balaban J connectivity index is 4.89. The van der Waals surface area contributed by atoms with Gasteiger partial charge in [0.05, 0.1) is 0 Å². The van der Waals surface area contributed by atoms with Crippen molar-refractivity contribution >= 4 is 5.78 Å². The zero-order valence-electron chi connectivity index (χ0n) is 6.46. The normalized spacial score (nSPS) is 13.5. The largest absolute Gasteiger partial charge is 0.407 e. The van der Waals surface area contributed by atoms with E-state index in [2.05, 4.69) is 0 Å². The van der Waals surface area contributed by atoms with Crippen LogP contribution in [0.3, 0.4) is 0 Å². The number of halogens is 6. The molecule has 13 heavy (non-hydrogen) atoms. The first-order chi connectivity index (χ1) is 5.60. The molecule has 0 aromatic heterocycles. The maximum atomic E-state index is 11.7. The maximum absolute atomic E-state index is 11.7. The second-order valence-electron chi connectivity index (χ2n) is 2.34. The smallest absolute Gasteiger partial charge is 0.299 e. The summed E-state index contributed by atoms with van der Waals surface area (Å²) in [7, 11) is 0. The van der Waals surface area contributed by atoms with Crippen molar-refractivity contribution in [3.63, 3.8) is 0 Å². The average molecular weight is 208 g/mol. The summed E-state index contributed by atoms with van der Waals surface area (Å²) in [6, 6.07) is 0. The molecule has 0 atom stereocenters. The lowest BCUT2D eigenvalue weighted by molar-refractivity contribution is -0.273. The Morgan fingerprint density at radius 2 is 1.38 bits per heavy atom. The van der Waals surface area contributed by atoms with Crippen LogP contribution in [0.25, 0.3) is 0 Å². The SMILES string of the molecule is CCC(=O)C(C(F)(F)F)C(F)(F)F. The highest BCUT2D eigenvalue weighted by Crippen LogP contribution is 2.40. The topological polar surface area (TPSA) is 17.1 Å². The third kappa shape index (κ3) is 3.23. The van der Waals surface area contributed by atoms with E-state index in [1.807, 2.05) is 0 Å². The molecule has 0 aromatic rings. The first-order valence-corrected chi connectivity index (χ1v) is 3.26. The summed E-state index contributed by atoms with van der Waals surface area (Å²) < 4.78 is 70.3. The van der Waals surface area contributed by atoms with Crippen molar-refractivity contribution in [1.82, 2.24) is 0 Å². The second-order valence-corrected chi connectivity index (χ2v) is 2.34. The quantitative estimate of drug-likeness (QED) is 0.637. The van der Waals surface area contributed by atoms with Crippen molar-refractivity contribution in [1.29, 1.82) is 0 Å². The molecule has 7 heteroatoms. The molecule has 0 spiro atoms. The molecule has 0 aromatic carbocycles. The van der Waals surface area contributed by atoms with Crippen LogP contribution in [0.5, 0.6) is 0 Å². The summed E-state index contributed by atoms with van der Waals surface area (Å²) in [5, 5.41) is 0. The molecular formula is C6H6F6O. The van der Waals surface area contributed by atoms with Crippen LogP contribution < -0.4 is 0 Å². The van der Waals surface area contributed by atoms with Crippen molar-refractivity contribution in [2.75, 3.05) is 0 Å². The highest BCUT2D eigenvalue weighted by atomic mass is 19.4. The van der Waals surface area contributed by atoms with Crippen LogP contribution in [0.1, 0.15) is 13.3 Å². The van der Waals surface area contributed by atoms with E-state index < -0.39 is 30.5 Å². The molecule has 0 heterocycles. The van der Waals surface area contributed by atoms with Gasteiger partial charge >= 0.3 is 12.4 Å². The third-order valence-electron chi connectivity index (χ3n) is 1.33. The van der Waals surface area contributed by atoms with Gasteiger partial charge in [-0.25, -0.2) is 0 Å². The minimum Gasteiger partial charge on any atom is -0.299 e. The minimum absolute atomic E-state index is 0.788. The van der Waals surface area contributed by atoms with Gasteiger partial charge in [-0.2, -0.15) is 26.3 Å². The van der Waals surface area contributed by atoms with Gasteiger partial charge in [0.15, 0.2) is 5.78 Å². The average Bonchev–Trinajstić information content (AvgIpc) is 1.80. The van der Waals surface area contributed by atoms with E-state index >= 15 is 0 Å². The lowest BCUT2D eigenvalue weighted by Crippen LogP contribution is -2.42. The van der Waals surface area contributed by atoms with Crippen molar-refractivity contribution < 1.29 is 31.1 Å². The summed E-state index contributed by atoms with van der Waals surface area (Å²) >= 11 is 0. The van der Waals surface area contributed by atoms with E-state index in [4.69, 9.17) is 0 Å². The molecule has 0 unspecified atom stereocenters. The minimum atomic E-state index is -5.55. The highest BCUT2D eigenvalue weighted by molar-refractivity contribution is 5.82. The van der Waals surface area contributed by atoms with Gasteiger partial charge in [-0.3, -0.25) is 4.79 Å². The lowest BCUT2D eigenvalue weighted by atomic mass is 10.0. The van der Waals surface area contributed by atoms with E-state index in [1.54, 1.807) is 0 Å². The van der Waals surface area contributed by atoms with Gasteiger partial charge in [-0.05, 0) is 0 Å². The van der Waals surface area contributed by atoms with Gasteiger partial charge in [0, 0.05) is 6.42 Å². The van der Waals surface area contributed by atoms with Gasteiger partial charge in [-0.1, -0.05) is 6.92 Å². The number of carbonyl (C=O) groups excluding carboxylic acids is 1. The zero-order valence-corrected chi connectivity index (χ0v) is 6.46. The van der Waals surface area contributed by atoms with E-state index in [1.165, 1.54) is 0 Å². The number of hydrogen-bond acceptors (Lipinski definition) is 1. The number of alkyl halides is 6. The first-order valence-electron chi connectivity index (χ1n) is 3.26. The summed E-state index contributed by atoms with van der Waals surface area (Å²) in [5.74, 6) is -5.70. The highest BCUT2D eigenvalue weighted by Gasteiger charge is 2.59. The van der Waals surface area contributed by atoms with Crippen molar-refractivity contribution in [2.45, 2.75) is 25.7 Å². The number of rotatable bonds is 2. The predicted molar refractivity (Wildman–Crippen MR) is 30.9 cm³/mol. The van der Waals surface area contributed by atoms with E-state index in [0.717, 1.165) is 6.92 Å². The molecule has 0 radical (unpaired) electrons. The number of carbonyl (C=O) groups is 1. The first kappa shape index (κ1) is 12.2. The Kier molecular flexibility index (Phi) is 3.34. The molecular weight excluding hydrogens is 202 g/mol. The lowest BCUT2D eigenvalue weighted by Gasteiger charge is -2.20. The summed E-state index contributed by atoms with van der Waals surface area (Å²) in [6.07, 6.45) is -11.9. The van der Waals surface area contributed by atoms with Gasteiger partial charge in [0.1, 0.15) is 0 Å². The number of hydrogen-bond donors (Lipinski definition) is 0. The molecule has 0 aliphatic carbocycles. The number of ketones is 1. The van der Waals surface area contributed by atoms with Crippen LogP contribution in [0.4, 0.5) is 26.3 Å². The molecule has 0 aliphatic rings. The van der Waals surface area contributed by atoms with E-state index in [-0.39, 0.29) is 0 Å². The molecule has 0 rings (SSSR count). The summed E-state index contributed by atoms with van der Waals surface area (Å²) in [5.41, 5.74) is 0. The summed E-state index contributed by atoms with van der Waals surface area (Å²) in [6.45, 7) is 0.951. The van der Waals surface area contributed by atoms with Gasteiger partial charge < -0.3 is 0 Å². The Hall–Kier alpha value is -0.750. The Morgan fingerprint density at radius 3 is 1.46 bits per heavy atom. The molecule has 0 bridgehead atoms. The fraction of sp³-hybridized carbons (Fsp3) is 0.833. The van der Waals surface area contributed by atoms with Crippen LogP contribution in [-0.4, -0.2) is 18.1 Å². The standard InChI is InChI=1S/C6H6F6O/c1-2-3(13)4(5(7,8)9)6(10,11)12/h4H,2H2,1H3. The molecule has 0 fully saturated rings. The Labute approximate surface area is 69.7 Å². The zero-order chi connectivity index (χ0) is 10.9. The fourth-order valence-corrected chi connectivity index (χ4v) is 0.755. The van der Waals surface area contributed by atoms with Crippen molar-refractivity contribution in [3.05, 3.63) is 0 Å². The Morgan fingerprint density at radius 1 is 1.08 bits per heavy atom. The molecule has 0 saturated carbocycles. The molecule has 0 saturated heterocycles. The molecule has 0 aliphatic heterocycles. The molecule has 1 nitrogen and oxygen atoms in total. The fourth-order valence-electron chi connectivity index (χ4n) is 0.755. The predicted octanol–water partition coefficient (Wildman–Crippen LogP) is 2.71. The van der Waals surface area contributed by atoms with Gasteiger partial charge in [0.2, 0.25) is 5.92 Å². The van der Waals surface area contributed by atoms with Crippen LogP contribution in [0, 0.1) is 5.92 Å². The van der Waals surface area contributed by atoms with Crippen LogP contribution in [0.2, 0.25) is 0 Å². The van der Waals surface area contributed by atoms with Crippen LogP contribution >= 0.6 is 0 Å². The molecule has 78 valence electrons. The third-order valence-corrected chi connectivity index (χ3v) is 1.33. The maximum Gasteiger partial charge on any atom is 0.407 e. The van der Waals surface area contributed by atoms with E-state index in [0.29, 0.717) is 0 Å². The van der Waals surface area contributed by atoms with Gasteiger partial charge in [0.25, 0.3) is 0 Å². The monoisotopic (exact) mass is 208 g/mol. The van der Waals surface area contributed by atoms with E-state index in [9.17, 15) is 31.1 Å².